The Kier molecular flexibility index (Phi) is 5.61. The highest BCUT2D eigenvalue weighted by atomic mass is 16.2. The van der Waals surface area contributed by atoms with Gasteiger partial charge < -0.3 is 9.80 Å². The lowest BCUT2D eigenvalue weighted by Crippen LogP contribution is -2.48. The summed E-state index contributed by atoms with van der Waals surface area (Å²) in [5, 5.41) is 2.46. The lowest BCUT2D eigenvalue weighted by Gasteiger charge is -2.36. The highest BCUT2D eigenvalue weighted by molar-refractivity contribution is 5.94. The van der Waals surface area contributed by atoms with Crippen molar-refractivity contribution in [2.75, 3.05) is 31.1 Å². The highest BCUT2D eigenvalue weighted by Gasteiger charge is 2.21. The van der Waals surface area contributed by atoms with Crippen molar-refractivity contribution in [3.05, 3.63) is 77.9 Å². The first-order valence-corrected chi connectivity index (χ1v) is 10.2. The van der Waals surface area contributed by atoms with Crippen molar-refractivity contribution < 1.29 is 9.59 Å². The van der Waals surface area contributed by atoms with Crippen LogP contribution in [0.2, 0.25) is 0 Å². The molecule has 0 spiro atoms. The van der Waals surface area contributed by atoms with Gasteiger partial charge in [-0.1, -0.05) is 42.5 Å². The Hall–Kier alpha value is -3.14. The van der Waals surface area contributed by atoms with Gasteiger partial charge in [-0.3, -0.25) is 9.59 Å². The molecular formula is C25H26N2O2. The van der Waals surface area contributed by atoms with Crippen LogP contribution in [0.3, 0.4) is 0 Å². The van der Waals surface area contributed by atoms with E-state index in [1.165, 1.54) is 16.3 Å². The molecule has 1 aliphatic heterocycles. The summed E-state index contributed by atoms with van der Waals surface area (Å²) in [6.45, 7) is 4.70. The molecule has 1 heterocycles. The normalized spacial score (nSPS) is 14.2. The Balaban J connectivity index is 1.29. The van der Waals surface area contributed by atoms with E-state index in [0.717, 1.165) is 43.9 Å². The second kappa shape index (κ2) is 8.48. The first kappa shape index (κ1) is 19.2. The van der Waals surface area contributed by atoms with Crippen molar-refractivity contribution in [3.8, 4) is 0 Å². The Morgan fingerprint density at radius 2 is 1.52 bits per heavy atom. The first-order valence-electron chi connectivity index (χ1n) is 10.2. The van der Waals surface area contributed by atoms with Crippen molar-refractivity contribution in [2.45, 2.75) is 19.8 Å². The number of benzene rings is 3. The number of aryl methyl sites for hydroxylation is 1. The average molecular weight is 386 g/mol. The number of amides is 1. The van der Waals surface area contributed by atoms with Gasteiger partial charge in [-0.2, -0.15) is 0 Å². The summed E-state index contributed by atoms with van der Waals surface area (Å²) < 4.78 is 0. The van der Waals surface area contributed by atoms with Crippen LogP contribution in [0, 0.1) is 0 Å². The van der Waals surface area contributed by atoms with E-state index >= 15 is 0 Å². The standard InChI is InChI=1S/C25H26N2O2/c1-19(28)21-9-11-24(12-10-21)26-14-16-27(17-15-26)25(29)13-7-20-6-8-22-4-2-3-5-23(22)18-20/h2-6,8-12,18H,7,13-17H2,1H3. The van der Waals surface area contributed by atoms with Gasteiger partial charge in [-0.05, 0) is 53.9 Å². The van der Waals surface area contributed by atoms with E-state index in [9.17, 15) is 9.59 Å². The van der Waals surface area contributed by atoms with E-state index in [-0.39, 0.29) is 11.7 Å². The van der Waals surface area contributed by atoms with E-state index in [1.54, 1.807) is 6.92 Å². The van der Waals surface area contributed by atoms with Crippen LogP contribution < -0.4 is 4.90 Å². The minimum absolute atomic E-state index is 0.0818. The van der Waals surface area contributed by atoms with Gasteiger partial charge in [0.25, 0.3) is 0 Å². The molecule has 4 nitrogen and oxygen atoms in total. The van der Waals surface area contributed by atoms with Crippen LogP contribution in [0.1, 0.15) is 29.3 Å². The Labute approximate surface area is 171 Å². The van der Waals surface area contributed by atoms with Crippen LogP contribution in [0.15, 0.2) is 66.7 Å². The predicted molar refractivity (Wildman–Crippen MR) is 118 cm³/mol. The summed E-state index contributed by atoms with van der Waals surface area (Å²) in [5.74, 6) is 0.308. The molecule has 0 atom stereocenters. The van der Waals surface area contributed by atoms with E-state index in [2.05, 4.69) is 35.2 Å². The molecule has 0 aromatic heterocycles. The van der Waals surface area contributed by atoms with E-state index in [1.807, 2.05) is 41.3 Å². The fraction of sp³-hybridized carbons (Fsp3) is 0.280. The van der Waals surface area contributed by atoms with Crippen molar-refractivity contribution in [2.24, 2.45) is 0 Å². The van der Waals surface area contributed by atoms with Crippen molar-refractivity contribution in [1.82, 2.24) is 4.90 Å². The maximum absolute atomic E-state index is 12.7. The second-order valence-corrected chi connectivity index (χ2v) is 7.65. The molecule has 0 N–H and O–H groups in total. The predicted octanol–water partition coefficient (Wildman–Crippen LogP) is 4.32. The number of ketones is 1. The number of Topliss-reactive ketones (excluding diaryl/α,β-unsaturated/α-hetero) is 1. The number of anilines is 1. The summed E-state index contributed by atoms with van der Waals surface area (Å²) in [4.78, 5) is 28.3. The van der Waals surface area contributed by atoms with Crippen LogP contribution in [-0.4, -0.2) is 42.8 Å². The van der Waals surface area contributed by atoms with E-state index in [0.29, 0.717) is 6.42 Å². The molecule has 4 rings (SSSR count). The van der Waals surface area contributed by atoms with Crippen molar-refractivity contribution in [1.29, 1.82) is 0 Å². The van der Waals surface area contributed by atoms with Crippen molar-refractivity contribution in [3.63, 3.8) is 0 Å². The Bertz CT molecular complexity index is 1020. The number of fused-ring (bicyclic) bond motifs is 1. The number of nitrogens with zero attached hydrogens (tertiary/aromatic N) is 2. The van der Waals surface area contributed by atoms with Crippen LogP contribution >= 0.6 is 0 Å². The molecule has 0 unspecified atom stereocenters. The molecule has 1 amide bonds. The maximum atomic E-state index is 12.7. The highest BCUT2D eigenvalue weighted by Crippen LogP contribution is 2.19. The molecule has 1 aliphatic rings. The monoisotopic (exact) mass is 386 g/mol. The summed E-state index contributed by atoms with van der Waals surface area (Å²) in [6.07, 6.45) is 1.32. The van der Waals surface area contributed by atoms with Gasteiger partial charge >= 0.3 is 0 Å². The van der Waals surface area contributed by atoms with Crippen LogP contribution in [0.25, 0.3) is 10.8 Å². The number of hydrogen-bond acceptors (Lipinski definition) is 3. The molecule has 1 fully saturated rings. The van der Waals surface area contributed by atoms with Gasteiger partial charge in [0.1, 0.15) is 0 Å². The van der Waals surface area contributed by atoms with E-state index in [4.69, 9.17) is 0 Å². The summed E-state index contributed by atoms with van der Waals surface area (Å²) in [7, 11) is 0. The Morgan fingerprint density at radius 1 is 0.828 bits per heavy atom. The van der Waals surface area contributed by atoms with Crippen LogP contribution in [0.4, 0.5) is 5.69 Å². The fourth-order valence-corrected chi connectivity index (χ4v) is 3.92. The molecule has 4 heteroatoms. The topological polar surface area (TPSA) is 40.6 Å². The van der Waals surface area contributed by atoms with Crippen LogP contribution in [0.5, 0.6) is 0 Å². The van der Waals surface area contributed by atoms with Gasteiger partial charge in [0.2, 0.25) is 5.91 Å². The lowest BCUT2D eigenvalue weighted by molar-refractivity contribution is -0.131. The number of hydrogen-bond donors (Lipinski definition) is 0. The molecule has 3 aromatic rings. The zero-order chi connectivity index (χ0) is 20.2. The fourth-order valence-electron chi connectivity index (χ4n) is 3.92. The molecule has 29 heavy (non-hydrogen) atoms. The van der Waals surface area contributed by atoms with Gasteiger partial charge in [0.05, 0.1) is 0 Å². The zero-order valence-corrected chi connectivity index (χ0v) is 16.8. The van der Waals surface area contributed by atoms with E-state index < -0.39 is 0 Å². The molecule has 0 aliphatic carbocycles. The van der Waals surface area contributed by atoms with Gasteiger partial charge in [0.15, 0.2) is 5.78 Å². The molecule has 1 saturated heterocycles. The number of piperazine rings is 1. The quantitative estimate of drug-likeness (QED) is 0.613. The Morgan fingerprint density at radius 3 is 2.21 bits per heavy atom. The first-order chi connectivity index (χ1) is 14.1. The minimum Gasteiger partial charge on any atom is -0.368 e. The summed E-state index contributed by atoms with van der Waals surface area (Å²) in [6, 6.07) is 22.5. The summed E-state index contributed by atoms with van der Waals surface area (Å²) in [5.41, 5.74) is 3.05. The summed E-state index contributed by atoms with van der Waals surface area (Å²) >= 11 is 0. The number of carbonyl (C=O) groups excluding carboxylic acids is 2. The van der Waals surface area contributed by atoms with Gasteiger partial charge in [0, 0.05) is 43.9 Å². The SMILES string of the molecule is CC(=O)c1ccc(N2CCN(C(=O)CCc3ccc4ccccc4c3)CC2)cc1. The van der Waals surface area contributed by atoms with Crippen molar-refractivity contribution >= 4 is 28.2 Å². The lowest BCUT2D eigenvalue weighted by atomic mass is 10.0. The minimum atomic E-state index is 0.0818. The third-order valence-corrected chi connectivity index (χ3v) is 5.71. The molecule has 148 valence electrons. The van der Waals surface area contributed by atoms with Gasteiger partial charge in [-0.15, -0.1) is 0 Å². The maximum Gasteiger partial charge on any atom is 0.223 e. The molecule has 0 saturated carbocycles. The molecule has 3 aromatic carbocycles. The smallest absolute Gasteiger partial charge is 0.223 e. The largest absolute Gasteiger partial charge is 0.368 e. The molecule has 0 radical (unpaired) electrons. The molecule has 0 bridgehead atoms. The molecular weight excluding hydrogens is 360 g/mol. The third-order valence-electron chi connectivity index (χ3n) is 5.71. The van der Waals surface area contributed by atoms with Gasteiger partial charge in [-0.25, -0.2) is 0 Å². The third kappa shape index (κ3) is 4.48. The average Bonchev–Trinajstić information content (AvgIpc) is 2.77. The number of rotatable bonds is 5. The zero-order valence-electron chi connectivity index (χ0n) is 16.8. The van der Waals surface area contributed by atoms with Crippen LogP contribution in [-0.2, 0) is 11.2 Å². The number of carbonyl (C=O) groups is 2. The second-order valence-electron chi connectivity index (χ2n) is 7.65.